The molecule has 0 aromatic heterocycles. The van der Waals surface area contributed by atoms with Crippen LogP contribution in [0.3, 0.4) is 0 Å². The number of fused-ring (bicyclic) bond motifs is 5. The number of aryl methyl sites for hydroxylation is 5. The number of nitrogens with zero attached hydrogens (tertiary/aromatic N) is 1. The molecule has 0 bridgehead atoms. The van der Waals surface area contributed by atoms with Crippen LogP contribution in [-0.2, 0) is 46.3 Å². The molecule has 0 radical (unpaired) electrons. The summed E-state index contributed by atoms with van der Waals surface area (Å²) < 4.78 is 16.7. The molecule has 5 aliphatic rings. The molecule has 5 atom stereocenters. The van der Waals surface area contributed by atoms with Gasteiger partial charge in [-0.05, 0) is 151 Å². The van der Waals surface area contributed by atoms with E-state index in [0.29, 0.717) is 11.8 Å². The Morgan fingerprint density at radius 3 is 1.09 bits per heavy atom. The quantitative estimate of drug-likeness (QED) is 0.0549. The van der Waals surface area contributed by atoms with Crippen molar-refractivity contribution in [3.8, 4) is 0 Å². The third-order valence-corrected chi connectivity index (χ3v) is 16.4. The van der Waals surface area contributed by atoms with Gasteiger partial charge in [0.1, 0.15) is 0 Å². The summed E-state index contributed by atoms with van der Waals surface area (Å²) in [4.78, 5) is 2.21. The maximum Gasteiger partial charge on any atom is 0.0789 e. The Hall–Kier alpha value is -7.06. The molecule has 82 heavy (non-hydrogen) atoms. The Balaban J connectivity index is 0.000000165. The van der Waals surface area contributed by atoms with E-state index in [1.165, 1.54) is 30.4 Å². The van der Waals surface area contributed by atoms with Gasteiger partial charge in [-0.1, -0.05) is 26.7 Å². The van der Waals surface area contributed by atoms with Crippen LogP contribution >= 0.6 is 0 Å². The smallest absolute Gasteiger partial charge is 0.0789 e. The number of nitrogen functional groups attached to an aromatic ring is 10. The Bertz CT molecular complexity index is 2890. The van der Waals surface area contributed by atoms with Gasteiger partial charge in [-0.25, -0.2) is 0 Å². The molecule has 0 amide bonds. The summed E-state index contributed by atoms with van der Waals surface area (Å²) in [6.07, 6.45) is 10.0. The van der Waals surface area contributed by atoms with Gasteiger partial charge in [0.05, 0.1) is 75.2 Å². The molecule has 10 rings (SSSR count). The van der Waals surface area contributed by atoms with E-state index in [1.54, 1.807) is 7.11 Å². The van der Waals surface area contributed by atoms with Crippen molar-refractivity contribution >= 4 is 85.3 Å². The molecule has 452 valence electrons. The van der Waals surface area contributed by atoms with E-state index < -0.39 is 0 Å². The van der Waals surface area contributed by atoms with Crippen LogP contribution < -0.4 is 83.9 Å². The van der Waals surface area contributed by atoms with E-state index in [9.17, 15) is 0 Å². The normalized spacial score (nSPS) is 18.9. The minimum Gasteiger partial charge on any atom is -0.398 e. The highest BCUT2D eigenvalue weighted by Crippen LogP contribution is 2.41. The van der Waals surface area contributed by atoms with Crippen molar-refractivity contribution < 1.29 is 14.2 Å². The third-order valence-electron chi connectivity index (χ3n) is 16.4. The van der Waals surface area contributed by atoms with Gasteiger partial charge in [0, 0.05) is 135 Å². The van der Waals surface area contributed by atoms with Crippen LogP contribution in [0.5, 0.6) is 0 Å². The Morgan fingerprint density at radius 2 is 0.744 bits per heavy atom. The molecule has 5 aromatic rings. The van der Waals surface area contributed by atoms with Crippen molar-refractivity contribution in [3.63, 3.8) is 0 Å². The van der Waals surface area contributed by atoms with Crippen molar-refractivity contribution in [3.05, 3.63) is 86.0 Å². The van der Waals surface area contributed by atoms with Crippen LogP contribution in [0.15, 0.2) is 30.3 Å². The topological polar surface area (TPSA) is 351 Å². The lowest BCUT2D eigenvalue weighted by atomic mass is 9.87. The van der Waals surface area contributed by atoms with Gasteiger partial charge in [-0.15, -0.1) is 0 Å². The summed E-state index contributed by atoms with van der Waals surface area (Å²) >= 11 is 0. The van der Waals surface area contributed by atoms with Gasteiger partial charge in [0.15, 0.2) is 0 Å². The summed E-state index contributed by atoms with van der Waals surface area (Å²) in [6.45, 7) is 23.3. The zero-order valence-electron chi connectivity index (χ0n) is 51.2. The maximum absolute atomic E-state index is 6.17. The zero-order valence-corrected chi connectivity index (χ0v) is 51.2. The second-order valence-corrected chi connectivity index (χ2v) is 23.2. The molecule has 5 unspecified atom stereocenters. The first-order valence-electron chi connectivity index (χ1n) is 29.5. The molecule has 19 heteroatoms. The zero-order chi connectivity index (χ0) is 60.1. The van der Waals surface area contributed by atoms with Crippen LogP contribution in [0.1, 0.15) is 102 Å². The summed E-state index contributed by atoms with van der Waals surface area (Å²) in [5, 5.41) is 16.8. The second-order valence-electron chi connectivity index (χ2n) is 23.2. The molecule has 5 heterocycles. The SMILES string of the molecule is CCCCC1CNc2c(N)cc(C)c(N)c2C1.CCCOC1CNc2c(N)cc(C)c(N)c2C1.CCOC1CNc2c(N)cc(C)c(N)c2C1.COC1CNc2c(N)cc(C)c(N)c2C1.Cc1cc(N)c2c(c1N)CC(CN(C)C)CN2. The number of ether oxygens (including phenoxy) is 3. The van der Waals surface area contributed by atoms with Gasteiger partial charge in [-0.2, -0.15) is 0 Å². The van der Waals surface area contributed by atoms with E-state index >= 15 is 0 Å². The summed E-state index contributed by atoms with van der Waals surface area (Å²) in [7, 11) is 5.92. The monoisotopic (exact) mass is 1130 g/mol. The summed E-state index contributed by atoms with van der Waals surface area (Å²) in [5.74, 6) is 1.30. The maximum atomic E-state index is 6.17. The predicted molar refractivity (Wildman–Crippen MR) is 352 cm³/mol. The standard InChI is InChI=1S/C14H23N3.C13H22N4.C13H21N3O.C12H19N3O.C11H17N3O/c1-3-4-5-10-7-11-13(16)9(2)6-12(15)14(11)17-8-10;1-8-4-11(14)13-10(12(8)15)5-9(6-16-13)7-17(2)3;1-3-4-17-9-6-10-12(15)8(2)5-11(14)13(10)16-7-9;1-3-16-8-5-9-11(14)7(2)4-10(13)12(9)15-6-8;1-6-3-9(12)11-8(10(6)13)4-7(15-2)5-14-11/h6,10,17H,3-5,7-8,15-16H2,1-2H3;4,9,16H,5-7,14-15H2,1-3H3;5,9,16H,3-4,6-7,14-15H2,1-2H3;4,8,15H,3,5-6,13-14H2,1-2H3;3,7,14H,4-5,12-13H2,1-2H3. The predicted octanol–water partition coefficient (Wildman–Crippen LogP) is 8.84. The van der Waals surface area contributed by atoms with Crippen molar-refractivity contribution in [2.45, 2.75) is 131 Å². The van der Waals surface area contributed by atoms with Crippen molar-refractivity contribution in [2.75, 3.05) is 158 Å². The van der Waals surface area contributed by atoms with Crippen LogP contribution in [0, 0.1) is 46.5 Å². The van der Waals surface area contributed by atoms with Crippen molar-refractivity contribution in [2.24, 2.45) is 11.8 Å². The Labute approximate surface area is 489 Å². The second kappa shape index (κ2) is 29.3. The van der Waals surface area contributed by atoms with Crippen LogP contribution in [0.2, 0.25) is 0 Å². The van der Waals surface area contributed by atoms with Crippen molar-refractivity contribution in [1.29, 1.82) is 0 Å². The van der Waals surface area contributed by atoms with E-state index in [0.717, 1.165) is 221 Å². The lowest BCUT2D eigenvalue weighted by molar-refractivity contribution is 0.0609. The molecular formula is C63H102N16O3. The molecule has 5 aromatic carbocycles. The minimum absolute atomic E-state index is 0.181. The lowest BCUT2D eigenvalue weighted by Crippen LogP contribution is -2.32. The van der Waals surface area contributed by atoms with Gasteiger partial charge in [-0.3, -0.25) is 0 Å². The highest BCUT2D eigenvalue weighted by molar-refractivity contribution is 5.84. The fourth-order valence-electron chi connectivity index (χ4n) is 11.8. The summed E-state index contributed by atoms with van der Waals surface area (Å²) in [6, 6.07) is 9.67. The molecule has 0 saturated carbocycles. The van der Waals surface area contributed by atoms with E-state index in [1.807, 2.05) is 71.9 Å². The number of unbranched alkanes of at least 4 members (excludes halogenated alkanes) is 1. The number of rotatable bonds is 11. The van der Waals surface area contributed by atoms with Gasteiger partial charge >= 0.3 is 0 Å². The Morgan fingerprint density at radius 1 is 0.427 bits per heavy atom. The van der Waals surface area contributed by atoms with Crippen molar-refractivity contribution in [1.82, 2.24) is 4.90 Å². The van der Waals surface area contributed by atoms with E-state index in [4.69, 9.17) is 71.5 Å². The summed E-state index contributed by atoms with van der Waals surface area (Å²) in [5.41, 5.74) is 84.9. The average molecular weight is 1130 g/mol. The fourth-order valence-corrected chi connectivity index (χ4v) is 11.8. The first-order valence-corrected chi connectivity index (χ1v) is 29.5. The van der Waals surface area contributed by atoms with Gasteiger partial charge < -0.3 is 103 Å². The first-order chi connectivity index (χ1) is 39.0. The highest BCUT2D eigenvalue weighted by atomic mass is 16.5. The van der Waals surface area contributed by atoms with E-state index in [2.05, 4.69) is 59.4 Å². The largest absolute Gasteiger partial charge is 0.398 e. The minimum atomic E-state index is 0.181. The number of nitrogens with two attached hydrogens (primary N) is 10. The number of anilines is 15. The molecule has 0 aliphatic carbocycles. The van der Waals surface area contributed by atoms with Gasteiger partial charge in [0.2, 0.25) is 0 Å². The van der Waals surface area contributed by atoms with Crippen LogP contribution in [-0.4, -0.2) is 96.9 Å². The van der Waals surface area contributed by atoms with Crippen LogP contribution in [0.25, 0.3) is 0 Å². The fraction of sp³-hybridized carbons (Fsp3) is 0.524. The molecule has 0 fully saturated rings. The number of benzene rings is 5. The molecule has 0 spiro atoms. The first kappa shape index (κ1) is 64.1. The average Bonchev–Trinajstić information content (AvgIpc) is 3.46. The molecule has 25 N–H and O–H groups in total. The number of hydrogen-bond donors (Lipinski definition) is 15. The lowest BCUT2D eigenvalue weighted by Gasteiger charge is -2.30. The molecule has 0 saturated heterocycles. The number of hydrogen-bond acceptors (Lipinski definition) is 19. The molecule has 19 nitrogen and oxygen atoms in total. The molecular weight excluding hydrogens is 1030 g/mol. The van der Waals surface area contributed by atoms with Gasteiger partial charge in [0.25, 0.3) is 0 Å². The molecule has 5 aliphatic heterocycles. The number of methoxy groups -OCH3 is 1. The Kier molecular flexibility index (Phi) is 22.9. The third kappa shape index (κ3) is 15.7. The van der Waals surface area contributed by atoms with Crippen LogP contribution in [0.4, 0.5) is 85.3 Å². The highest BCUT2D eigenvalue weighted by Gasteiger charge is 2.28. The number of nitrogens with one attached hydrogen (secondary N) is 5. The van der Waals surface area contributed by atoms with E-state index in [-0.39, 0.29) is 18.3 Å².